The lowest BCUT2D eigenvalue weighted by molar-refractivity contribution is 1.01. The highest BCUT2D eigenvalue weighted by atomic mass is 15.0. The predicted molar refractivity (Wildman–Crippen MR) is 75.7 cm³/mol. The van der Waals surface area contributed by atoms with Gasteiger partial charge in [-0.05, 0) is 18.2 Å². The first-order valence-electron chi connectivity index (χ1n) is 6.07. The molecule has 0 aliphatic heterocycles. The maximum atomic E-state index is 4.81. The molecule has 0 aliphatic rings. The van der Waals surface area contributed by atoms with Crippen LogP contribution in [0, 0.1) is 0 Å². The molecule has 2 heteroatoms. The van der Waals surface area contributed by atoms with Crippen LogP contribution in [0.4, 0.5) is 0 Å². The summed E-state index contributed by atoms with van der Waals surface area (Å²) < 4.78 is 2.21. The lowest BCUT2D eigenvalue weighted by atomic mass is 10.2. The quantitative estimate of drug-likeness (QED) is 0.450. The average molecular weight is 232 g/mol. The zero-order valence-electron chi connectivity index (χ0n) is 10.1. The van der Waals surface area contributed by atoms with Crippen molar-refractivity contribution in [3.8, 4) is 0 Å². The van der Waals surface area contributed by atoms with Crippen molar-refractivity contribution in [3.05, 3.63) is 54.6 Å². The smallest absolute Gasteiger partial charge is 0.0967 e. The maximum Gasteiger partial charge on any atom is 0.0967 e. The molecule has 18 heavy (non-hydrogen) atoms. The molecule has 86 valence electrons. The molecule has 4 aromatic rings. The van der Waals surface area contributed by atoms with Gasteiger partial charge in [0.1, 0.15) is 0 Å². The Hall–Kier alpha value is -2.35. The minimum atomic E-state index is 1.06. The van der Waals surface area contributed by atoms with Crippen LogP contribution in [0.2, 0.25) is 0 Å². The van der Waals surface area contributed by atoms with Gasteiger partial charge in [0, 0.05) is 17.8 Å². The van der Waals surface area contributed by atoms with E-state index in [1.165, 1.54) is 21.8 Å². The second-order valence-corrected chi connectivity index (χ2v) is 4.62. The molecule has 0 amide bonds. The number of aromatic nitrogens is 2. The second-order valence-electron chi connectivity index (χ2n) is 4.62. The minimum Gasteiger partial charge on any atom is -0.342 e. The predicted octanol–water partition coefficient (Wildman–Crippen LogP) is 3.88. The molecule has 0 N–H and O–H groups in total. The Kier molecular flexibility index (Phi) is 1.78. The molecule has 0 aliphatic carbocycles. The zero-order chi connectivity index (χ0) is 12.1. The van der Waals surface area contributed by atoms with Gasteiger partial charge in [-0.1, -0.05) is 36.4 Å². The number of hydrogen-bond donors (Lipinski definition) is 0. The summed E-state index contributed by atoms with van der Waals surface area (Å²) >= 11 is 0. The molecule has 0 saturated heterocycles. The van der Waals surface area contributed by atoms with Gasteiger partial charge in [0.05, 0.1) is 22.1 Å². The molecule has 4 rings (SSSR count). The van der Waals surface area contributed by atoms with Crippen molar-refractivity contribution in [1.82, 2.24) is 9.55 Å². The van der Waals surface area contributed by atoms with E-state index < -0.39 is 0 Å². The second kappa shape index (κ2) is 3.33. The highest BCUT2D eigenvalue weighted by Gasteiger charge is 2.09. The van der Waals surface area contributed by atoms with Gasteiger partial charge in [-0.15, -0.1) is 0 Å². The van der Waals surface area contributed by atoms with Crippen LogP contribution in [0.15, 0.2) is 54.6 Å². The van der Waals surface area contributed by atoms with E-state index in [1.807, 2.05) is 6.07 Å². The summed E-state index contributed by atoms with van der Waals surface area (Å²) in [6, 6.07) is 18.9. The fraction of sp³-hybridized carbons (Fsp3) is 0.0625. The van der Waals surface area contributed by atoms with Crippen LogP contribution in [0.3, 0.4) is 0 Å². The van der Waals surface area contributed by atoms with Gasteiger partial charge in [0.15, 0.2) is 0 Å². The Morgan fingerprint density at radius 1 is 0.889 bits per heavy atom. The molecular formula is C16H12N2. The van der Waals surface area contributed by atoms with E-state index in [2.05, 4.69) is 60.1 Å². The molecule has 2 aromatic carbocycles. The van der Waals surface area contributed by atoms with Gasteiger partial charge >= 0.3 is 0 Å². The van der Waals surface area contributed by atoms with E-state index in [1.54, 1.807) is 0 Å². The Balaban J connectivity index is 2.32. The number of benzene rings is 2. The standard InChI is InChI=1S/C16H12N2/c1-18-14-9-5-3-7-12(14)16-15(18)10-11-6-2-4-8-13(11)17-16/h2-10H,1H3. The summed E-state index contributed by atoms with van der Waals surface area (Å²) in [7, 11) is 2.10. The van der Waals surface area contributed by atoms with E-state index in [4.69, 9.17) is 4.98 Å². The molecule has 0 atom stereocenters. The van der Waals surface area contributed by atoms with Crippen molar-refractivity contribution in [2.75, 3.05) is 0 Å². The SMILES string of the molecule is Cn1c2ccccc2c2nc3ccccc3cc21. The molecule has 0 saturated carbocycles. The Bertz CT molecular complexity index is 887. The van der Waals surface area contributed by atoms with E-state index in [0.29, 0.717) is 0 Å². The van der Waals surface area contributed by atoms with Gasteiger partial charge in [-0.3, -0.25) is 0 Å². The Morgan fingerprint density at radius 3 is 2.61 bits per heavy atom. The fourth-order valence-electron chi connectivity index (χ4n) is 2.65. The number of para-hydroxylation sites is 2. The number of hydrogen-bond acceptors (Lipinski definition) is 1. The van der Waals surface area contributed by atoms with Crippen LogP contribution in [0.1, 0.15) is 0 Å². The Labute approximate surface area is 104 Å². The molecule has 0 bridgehead atoms. The minimum absolute atomic E-state index is 1.06. The van der Waals surface area contributed by atoms with E-state index in [9.17, 15) is 0 Å². The van der Waals surface area contributed by atoms with Crippen LogP contribution in [0.5, 0.6) is 0 Å². The highest BCUT2D eigenvalue weighted by Crippen LogP contribution is 2.28. The number of fused-ring (bicyclic) bond motifs is 4. The average Bonchev–Trinajstić information content (AvgIpc) is 2.71. The van der Waals surface area contributed by atoms with E-state index in [-0.39, 0.29) is 0 Å². The number of rotatable bonds is 0. The van der Waals surface area contributed by atoms with E-state index >= 15 is 0 Å². The molecule has 2 heterocycles. The molecule has 0 radical (unpaired) electrons. The topological polar surface area (TPSA) is 17.8 Å². The van der Waals surface area contributed by atoms with Crippen molar-refractivity contribution in [1.29, 1.82) is 0 Å². The lowest BCUT2D eigenvalue weighted by Crippen LogP contribution is -1.87. The first-order chi connectivity index (χ1) is 8.84. The van der Waals surface area contributed by atoms with Gasteiger partial charge in [-0.25, -0.2) is 4.98 Å². The first-order valence-corrected chi connectivity index (χ1v) is 6.07. The van der Waals surface area contributed by atoms with Gasteiger partial charge in [0.2, 0.25) is 0 Å². The third-order valence-electron chi connectivity index (χ3n) is 3.59. The van der Waals surface area contributed by atoms with Crippen molar-refractivity contribution in [2.45, 2.75) is 0 Å². The summed E-state index contributed by atoms with van der Waals surface area (Å²) in [5, 5.41) is 2.41. The molecule has 0 spiro atoms. The number of pyridine rings is 1. The summed E-state index contributed by atoms with van der Waals surface area (Å²) in [6.45, 7) is 0. The van der Waals surface area contributed by atoms with Crippen LogP contribution >= 0.6 is 0 Å². The van der Waals surface area contributed by atoms with Crippen LogP contribution in [-0.4, -0.2) is 9.55 Å². The lowest BCUT2D eigenvalue weighted by Gasteiger charge is -1.99. The van der Waals surface area contributed by atoms with Gasteiger partial charge in [0.25, 0.3) is 0 Å². The normalized spacial score (nSPS) is 11.6. The monoisotopic (exact) mass is 232 g/mol. The van der Waals surface area contributed by atoms with E-state index in [0.717, 1.165) is 11.0 Å². The largest absolute Gasteiger partial charge is 0.342 e. The third-order valence-corrected chi connectivity index (χ3v) is 3.59. The fourth-order valence-corrected chi connectivity index (χ4v) is 2.65. The maximum absolute atomic E-state index is 4.81. The van der Waals surface area contributed by atoms with Crippen molar-refractivity contribution in [3.63, 3.8) is 0 Å². The zero-order valence-corrected chi connectivity index (χ0v) is 10.1. The summed E-state index contributed by atoms with van der Waals surface area (Å²) in [5.41, 5.74) is 4.57. The molecule has 2 aromatic heterocycles. The molecule has 0 unspecified atom stereocenters. The molecule has 2 nitrogen and oxygen atoms in total. The highest BCUT2D eigenvalue weighted by molar-refractivity contribution is 6.08. The van der Waals surface area contributed by atoms with Crippen molar-refractivity contribution in [2.24, 2.45) is 7.05 Å². The van der Waals surface area contributed by atoms with Crippen molar-refractivity contribution >= 4 is 32.8 Å². The number of aryl methyl sites for hydroxylation is 1. The van der Waals surface area contributed by atoms with Gasteiger partial charge in [-0.2, -0.15) is 0 Å². The Morgan fingerprint density at radius 2 is 1.67 bits per heavy atom. The first kappa shape index (κ1) is 9.66. The summed E-state index contributed by atoms with van der Waals surface area (Å²) in [4.78, 5) is 4.81. The molecule has 0 fully saturated rings. The van der Waals surface area contributed by atoms with Gasteiger partial charge < -0.3 is 4.57 Å². The third kappa shape index (κ3) is 1.15. The van der Waals surface area contributed by atoms with Crippen LogP contribution in [0.25, 0.3) is 32.8 Å². The van der Waals surface area contributed by atoms with Crippen LogP contribution < -0.4 is 0 Å². The summed E-state index contributed by atoms with van der Waals surface area (Å²) in [5.74, 6) is 0. The molecular weight excluding hydrogens is 220 g/mol. The van der Waals surface area contributed by atoms with Crippen molar-refractivity contribution < 1.29 is 0 Å². The number of nitrogens with zero attached hydrogens (tertiary/aromatic N) is 2. The summed E-state index contributed by atoms with van der Waals surface area (Å²) in [6.07, 6.45) is 0. The van der Waals surface area contributed by atoms with Crippen LogP contribution in [-0.2, 0) is 7.05 Å².